The molecule has 0 bridgehead atoms. The molecule has 3 nitrogen and oxygen atoms in total. The van der Waals surface area contributed by atoms with Gasteiger partial charge in [0.2, 0.25) is 0 Å². The van der Waals surface area contributed by atoms with Crippen LogP contribution >= 0.6 is 0 Å². The number of para-hydroxylation sites is 1. The van der Waals surface area contributed by atoms with E-state index in [1.807, 2.05) is 0 Å². The van der Waals surface area contributed by atoms with E-state index in [4.69, 9.17) is 0 Å². The summed E-state index contributed by atoms with van der Waals surface area (Å²) in [6.45, 7) is -1.44. The zero-order chi connectivity index (χ0) is 12.9. The zero-order valence-corrected chi connectivity index (χ0v) is 9.95. The fourth-order valence-electron chi connectivity index (χ4n) is 1.09. The lowest BCUT2D eigenvalue weighted by atomic mass is 10.2. The van der Waals surface area contributed by atoms with Gasteiger partial charge < -0.3 is 4.74 Å². The monoisotopic (exact) mass is 262 g/mol. The van der Waals surface area contributed by atoms with Gasteiger partial charge >= 0.3 is 6.61 Å². The van der Waals surface area contributed by atoms with Gasteiger partial charge in [-0.1, -0.05) is 25.1 Å². The van der Waals surface area contributed by atoms with Crippen molar-refractivity contribution in [3.8, 4) is 5.75 Å². The summed E-state index contributed by atoms with van der Waals surface area (Å²) in [6, 6.07) is 5.99. The first kappa shape index (κ1) is 13.6. The fraction of sp³-hybridized carbons (Fsp3) is 0.273. The van der Waals surface area contributed by atoms with Crippen molar-refractivity contribution in [1.29, 1.82) is 0 Å². The molecule has 0 heterocycles. The van der Waals surface area contributed by atoms with Crippen LogP contribution in [0.2, 0.25) is 0 Å². The number of benzene rings is 1. The number of ether oxygens (including phenoxy) is 1. The average molecular weight is 262 g/mol. The third kappa shape index (κ3) is 4.52. The van der Waals surface area contributed by atoms with Crippen LogP contribution in [0.4, 0.5) is 8.78 Å². The molecule has 0 N–H and O–H groups in total. The Morgan fingerprint density at radius 2 is 2.00 bits per heavy atom. The first-order valence-corrected chi connectivity index (χ1v) is 6.61. The van der Waals surface area contributed by atoms with E-state index in [2.05, 4.69) is 4.74 Å². The van der Waals surface area contributed by atoms with E-state index in [9.17, 15) is 17.2 Å². The molecule has 1 rings (SSSR count). The molecule has 0 unspecified atom stereocenters. The van der Waals surface area contributed by atoms with Crippen molar-refractivity contribution >= 4 is 15.9 Å². The van der Waals surface area contributed by atoms with Gasteiger partial charge in [-0.05, 0) is 12.1 Å². The molecule has 6 heteroatoms. The van der Waals surface area contributed by atoms with E-state index in [0.29, 0.717) is 5.56 Å². The number of rotatable bonds is 5. The van der Waals surface area contributed by atoms with Gasteiger partial charge in [0.05, 0.1) is 5.75 Å². The van der Waals surface area contributed by atoms with E-state index in [1.165, 1.54) is 31.2 Å². The third-order valence-electron chi connectivity index (χ3n) is 1.99. The molecule has 0 saturated heterocycles. The quantitative estimate of drug-likeness (QED) is 0.819. The SMILES string of the molecule is CCS(=O)(=O)/C=C/c1ccccc1OC(F)F. The smallest absolute Gasteiger partial charge is 0.387 e. The van der Waals surface area contributed by atoms with Crippen LogP contribution in [-0.2, 0) is 9.84 Å². The lowest BCUT2D eigenvalue weighted by Crippen LogP contribution is -2.03. The van der Waals surface area contributed by atoms with Gasteiger partial charge in [-0.25, -0.2) is 8.42 Å². The number of halogens is 2. The molecule has 0 amide bonds. The highest BCUT2D eigenvalue weighted by Gasteiger charge is 2.08. The van der Waals surface area contributed by atoms with Crippen LogP contribution in [0.1, 0.15) is 12.5 Å². The van der Waals surface area contributed by atoms with Gasteiger partial charge in [0, 0.05) is 11.0 Å². The Balaban J connectivity index is 2.99. The first-order chi connectivity index (χ1) is 7.94. The average Bonchev–Trinajstić information content (AvgIpc) is 2.27. The van der Waals surface area contributed by atoms with Crippen molar-refractivity contribution in [1.82, 2.24) is 0 Å². The molecular formula is C11H12F2O3S. The maximum Gasteiger partial charge on any atom is 0.387 e. The molecule has 1 aromatic rings. The van der Waals surface area contributed by atoms with Gasteiger partial charge in [-0.15, -0.1) is 0 Å². The standard InChI is InChI=1S/C11H12F2O3S/c1-2-17(14,15)8-7-9-5-3-4-6-10(9)16-11(12)13/h3-8,11H,2H2,1H3/b8-7+. The van der Waals surface area contributed by atoms with Crippen molar-refractivity contribution in [2.45, 2.75) is 13.5 Å². The Hall–Kier alpha value is -1.43. The van der Waals surface area contributed by atoms with Gasteiger partial charge in [-0.2, -0.15) is 8.78 Å². The molecular weight excluding hydrogens is 250 g/mol. The molecule has 0 saturated carbocycles. The summed E-state index contributed by atoms with van der Waals surface area (Å²) in [6.07, 6.45) is 1.25. The summed E-state index contributed by atoms with van der Waals surface area (Å²) in [7, 11) is -3.29. The highest BCUT2D eigenvalue weighted by atomic mass is 32.2. The lowest BCUT2D eigenvalue weighted by molar-refractivity contribution is -0.0499. The van der Waals surface area contributed by atoms with Gasteiger partial charge in [-0.3, -0.25) is 0 Å². The number of alkyl halides is 2. The minimum absolute atomic E-state index is 0.0403. The van der Waals surface area contributed by atoms with E-state index >= 15 is 0 Å². The second kappa shape index (κ2) is 5.77. The van der Waals surface area contributed by atoms with Gasteiger partial charge in [0.1, 0.15) is 5.75 Å². The maximum absolute atomic E-state index is 12.1. The summed E-state index contributed by atoms with van der Waals surface area (Å²) in [4.78, 5) is 0. The molecule has 0 radical (unpaired) electrons. The van der Waals surface area contributed by atoms with Crippen LogP contribution in [0.3, 0.4) is 0 Å². The summed E-state index contributed by atoms with van der Waals surface area (Å²) in [5, 5.41) is 0.987. The molecule has 0 aliphatic heterocycles. The molecule has 0 aromatic heterocycles. The van der Waals surface area contributed by atoms with Crippen LogP contribution in [0.25, 0.3) is 6.08 Å². The predicted octanol–water partition coefficient (Wildman–Crippen LogP) is 2.69. The second-order valence-corrected chi connectivity index (χ2v) is 5.35. The van der Waals surface area contributed by atoms with Crippen LogP contribution in [0.5, 0.6) is 5.75 Å². The molecule has 0 atom stereocenters. The van der Waals surface area contributed by atoms with E-state index in [0.717, 1.165) is 5.41 Å². The minimum Gasteiger partial charge on any atom is -0.434 e. The lowest BCUT2D eigenvalue weighted by Gasteiger charge is -2.07. The summed E-state index contributed by atoms with van der Waals surface area (Å²) in [5.74, 6) is -0.0912. The van der Waals surface area contributed by atoms with Crippen LogP contribution < -0.4 is 4.74 Å². The van der Waals surface area contributed by atoms with Crippen molar-refractivity contribution in [2.24, 2.45) is 0 Å². The number of hydrogen-bond acceptors (Lipinski definition) is 3. The van der Waals surface area contributed by atoms with Gasteiger partial charge in [0.25, 0.3) is 0 Å². The fourth-order valence-corrected chi connectivity index (χ4v) is 1.64. The minimum atomic E-state index is -3.29. The van der Waals surface area contributed by atoms with E-state index < -0.39 is 16.4 Å². The molecule has 1 aromatic carbocycles. The van der Waals surface area contributed by atoms with Crippen LogP contribution in [0, 0.1) is 0 Å². The first-order valence-electron chi connectivity index (χ1n) is 4.89. The van der Waals surface area contributed by atoms with Crippen LogP contribution in [-0.4, -0.2) is 20.8 Å². The Morgan fingerprint density at radius 1 is 1.35 bits per heavy atom. The van der Waals surface area contributed by atoms with Crippen molar-refractivity contribution in [2.75, 3.05) is 5.75 Å². The summed E-state index contributed by atoms with van der Waals surface area (Å²) >= 11 is 0. The van der Waals surface area contributed by atoms with Gasteiger partial charge in [0.15, 0.2) is 9.84 Å². The maximum atomic E-state index is 12.1. The number of sulfone groups is 1. The predicted molar refractivity (Wildman–Crippen MR) is 61.6 cm³/mol. The van der Waals surface area contributed by atoms with Crippen LogP contribution in [0.15, 0.2) is 29.7 Å². The molecule has 17 heavy (non-hydrogen) atoms. The zero-order valence-electron chi connectivity index (χ0n) is 9.14. The van der Waals surface area contributed by atoms with Crippen molar-refractivity contribution in [3.05, 3.63) is 35.2 Å². The van der Waals surface area contributed by atoms with Crippen molar-refractivity contribution in [3.63, 3.8) is 0 Å². The topological polar surface area (TPSA) is 43.4 Å². The largest absolute Gasteiger partial charge is 0.434 e. The summed E-state index contributed by atoms with van der Waals surface area (Å²) < 4.78 is 50.9. The van der Waals surface area contributed by atoms with E-state index in [-0.39, 0.29) is 11.5 Å². The molecule has 0 spiro atoms. The summed E-state index contributed by atoms with van der Waals surface area (Å²) in [5.41, 5.74) is 0.296. The molecule has 0 aliphatic rings. The molecule has 0 fully saturated rings. The molecule has 94 valence electrons. The molecule has 0 aliphatic carbocycles. The Kier molecular flexibility index (Phi) is 4.62. The Labute approximate surface area is 98.6 Å². The number of hydrogen-bond donors (Lipinski definition) is 0. The Bertz CT molecular complexity index is 495. The third-order valence-corrected chi connectivity index (χ3v) is 3.35. The van der Waals surface area contributed by atoms with E-state index in [1.54, 1.807) is 6.07 Å². The highest BCUT2D eigenvalue weighted by Crippen LogP contribution is 2.21. The Morgan fingerprint density at radius 3 is 2.59 bits per heavy atom. The normalized spacial score (nSPS) is 12.2. The highest BCUT2D eigenvalue weighted by molar-refractivity contribution is 7.94. The second-order valence-electron chi connectivity index (χ2n) is 3.17. The van der Waals surface area contributed by atoms with Crippen molar-refractivity contribution < 1.29 is 21.9 Å².